The van der Waals surface area contributed by atoms with Crippen LogP contribution in [0.15, 0.2) is 115 Å². The third kappa shape index (κ3) is 4.13. The van der Waals surface area contributed by atoms with Crippen LogP contribution in [0.3, 0.4) is 0 Å². The van der Waals surface area contributed by atoms with E-state index in [9.17, 15) is 0 Å². The van der Waals surface area contributed by atoms with Gasteiger partial charge in [-0.15, -0.1) is 0 Å². The first-order valence-electron chi connectivity index (χ1n) is 15.3. The molecule has 0 unspecified atom stereocenters. The van der Waals surface area contributed by atoms with Gasteiger partial charge < -0.3 is 0 Å². The molecule has 4 heterocycles. The highest BCUT2D eigenvalue weighted by Crippen LogP contribution is 2.39. The summed E-state index contributed by atoms with van der Waals surface area (Å²) < 4.78 is 4.56. The van der Waals surface area contributed by atoms with Gasteiger partial charge in [0.1, 0.15) is 17.1 Å². The van der Waals surface area contributed by atoms with E-state index in [0.29, 0.717) is 0 Å². The highest BCUT2D eigenvalue weighted by Gasteiger charge is 2.22. The molecule has 8 aromatic rings. The third-order valence-corrected chi connectivity index (χ3v) is 8.82. The Morgan fingerprint density at radius 2 is 1.18 bits per heavy atom. The van der Waals surface area contributed by atoms with Gasteiger partial charge in [0.2, 0.25) is 0 Å². The molecule has 0 saturated carbocycles. The minimum absolute atomic E-state index is 0.00177. The molecular weight excluding hydrogens is 536 g/mol. The van der Waals surface area contributed by atoms with Gasteiger partial charge in [-0.25, -0.2) is 9.97 Å². The zero-order valence-corrected chi connectivity index (χ0v) is 25.8. The van der Waals surface area contributed by atoms with Crippen LogP contribution in [0.25, 0.3) is 66.5 Å². The van der Waals surface area contributed by atoms with Crippen molar-refractivity contribution in [3.63, 3.8) is 0 Å². The number of nitrogens with zero attached hydrogens (tertiary/aromatic N) is 4. The van der Waals surface area contributed by atoms with Crippen molar-refractivity contribution in [2.24, 2.45) is 0 Å². The number of benzene rings is 4. The van der Waals surface area contributed by atoms with Gasteiger partial charge in [0, 0.05) is 33.4 Å². The monoisotopic (exact) mass is 570 g/mol. The van der Waals surface area contributed by atoms with E-state index in [1.807, 2.05) is 6.20 Å². The van der Waals surface area contributed by atoms with Gasteiger partial charge in [-0.2, -0.15) is 0 Å². The van der Waals surface area contributed by atoms with E-state index in [1.54, 1.807) is 0 Å². The number of aromatic nitrogens is 4. The van der Waals surface area contributed by atoms with Crippen molar-refractivity contribution < 1.29 is 0 Å². The Bertz CT molecular complexity index is 2380. The SMILES string of the molecule is Cc1ccc2c(c1)c1cc3c4cc(C)ccc4n(-c4cc(C(C)(C)C)ccn4)c3nc1n2-c1cccc(-c2ccccc2)c1. The number of fused-ring (bicyclic) bond motifs is 6. The summed E-state index contributed by atoms with van der Waals surface area (Å²) in [6.45, 7) is 11.0. The molecule has 4 heteroatoms. The Hall–Kier alpha value is -5.22. The number of pyridine rings is 2. The minimum Gasteiger partial charge on any atom is -0.294 e. The lowest BCUT2D eigenvalue weighted by Crippen LogP contribution is -2.12. The van der Waals surface area contributed by atoms with Crippen LogP contribution in [-0.2, 0) is 5.41 Å². The van der Waals surface area contributed by atoms with Crippen molar-refractivity contribution in [3.05, 3.63) is 132 Å². The van der Waals surface area contributed by atoms with E-state index in [0.717, 1.165) is 44.6 Å². The Kier molecular flexibility index (Phi) is 5.79. The number of hydrogen-bond acceptors (Lipinski definition) is 2. The molecule has 0 amide bonds. The largest absolute Gasteiger partial charge is 0.294 e. The molecule has 0 fully saturated rings. The zero-order chi connectivity index (χ0) is 30.2. The first-order valence-corrected chi connectivity index (χ1v) is 15.3. The number of hydrogen-bond donors (Lipinski definition) is 0. The maximum atomic E-state index is 5.54. The Morgan fingerprint density at radius 1 is 0.545 bits per heavy atom. The second kappa shape index (κ2) is 9.65. The van der Waals surface area contributed by atoms with E-state index >= 15 is 0 Å². The first-order chi connectivity index (χ1) is 21.3. The molecule has 4 nitrogen and oxygen atoms in total. The summed E-state index contributed by atoms with van der Waals surface area (Å²) in [5, 5.41) is 4.69. The summed E-state index contributed by atoms with van der Waals surface area (Å²) in [6.07, 6.45) is 1.93. The lowest BCUT2D eigenvalue weighted by Gasteiger charge is -2.19. The summed E-state index contributed by atoms with van der Waals surface area (Å²) >= 11 is 0. The first kappa shape index (κ1) is 26.4. The summed E-state index contributed by atoms with van der Waals surface area (Å²) in [5.41, 5.74) is 11.3. The van der Waals surface area contributed by atoms with Crippen molar-refractivity contribution >= 4 is 43.9 Å². The van der Waals surface area contributed by atoms with Crippen LogP contribution < -0.4 is 0 Å². The average molecular weight is 571 g/mol. The Balaban J connectivity index is 1.49. The average Bonchev–Trinajstić information content (AvgIpc) is 3.51. The van der Waals surface area contributed by atoms with Crippen LogP contribution >= 0.6 is 0 Å². The summed E-state index contributed by atoms with van der Waals surface area (Å²) in [5.74, 6) is 0.887. The van der Waals surface area contributed by atoms with Gasteiger partial charge >= 0.3 is 0 Å². The molecule has 0 aliphatic heterocycles. The van der Waals surface area contributed by atoms with E-state index in [4.69, 9.17) is 9.97 Å². The van der Waals surface area contributed by atoms with Crippen molar-refractivity contribution in [1.29, 1.82) is 0 Å². The van der Waals surface area contributed by atoms with Crippen molar-refractivity contribution in [2.45, 2.75) is 40.0 Å². The van der Waals surface area contributed by atoms with Gasteiger partial charge in [0.25, 0.3) is 0 Å². The molecule has 0 saturated heterocycles. The van der Waals surface area contributed by atoms with Gasteiger partial charge in [-0.1, -0.05) is 86.5 Å². The molecule has 0 aliphatic carbocycles. The fraction of sp³-hybridized carbons (Fsp3) is 0.150. The summed E-state index contributed by atoms with van der Waals surface area (Å²) in [7, 11) is 0. The predicted molar refractivity (Wildman–Crippen MR) is 184 cm³/mol. The van der Waals surface area contributed by atoms with E-state index in [2.05, 4.69) is 153 Å². The molecule has 0 atom stereocenters. The smallest absolute Gasteiger partial charge is 0.149 e. The number of rotatable bonds is 3. The lowest BCUT2D eigenvalue weighted by atomic mass is 9.88. The van der Waals surface area contributed by atoms with Crippen LogP contribution in [-0.4, -0.2) is 19.1 Å². The molecule has 0 N–H and O–H groups in total. The maximum Gasteiger partial charge on any atom is 0.149 e. The molecule has 44 heavy (non-hydrogen) atoms. The maximum absolute atomic E-state index is 5.54. The minimum atomic E-state index is 0.00177. The van der Waals surface area contributed by atoms with Crippen molar-refractivity contribution in [1.82, 2.24) is 19.1 Å². The molecule has 0 bridgehead atoms. The third-order valence-electron chi connectivity index (χ3n) is 8.82. The Labute approximate surface area is 257 Å². The number of aryl methyl sites for hydroxylation is 2. The second-order valence-electron chi connectivity index (χ2n) is 13.0. The van der Waals surface area contributed by atoms with Crippen LogP contribution in [0.1, 0.15) is 37.5 Å². The highest BCUT2D eigenvalue weighted by molar-refractivity contribution is 6.16. The van der Waals surface area contributed by atoms with Crippen molar-refractivity contribution in [2.75, 3.05) is 0 Å². The van der Waals surface area contributed by atoms with E-state index < -0.39 is 0 Å². The highest BCUT2D eigenvalue weighted by atomic mass is 15.1. The predicted octanol–water partition coefficient (Wildman–Crippen LogP) is 10.3. The summed E-state index contributed by atoms with van der Waals surface area (Å²) in [6, 6.07) is 39.4. The standard InChI is InChI=1S/C40H34N4/c1-25-14-16-35-31(20-25)33-24-34-32-21-26(2)15-17-36(32)44(37-23-29(18-19-41-37)40(3,4)5)39(34)42-38(33)43(35)30-13-9-12-28(22-30)27-10-7-6-8-11-27/h6-24H,1-5H3. The van der Waals surface area contributed by atoms with Gasteiger partial charge in [0.15, 0.2) is 0 Å². The second-order valence-corrected chi connectivity index (χ2v) is 13.0. The van der Waals surface area contributed by atoms with E-state index in [-0.39, 0.29) is 5.41 Å². The zero-order valence-electron chi connectivity index (χ0n) is 25.8. The van der Waals surface area contributed by atoms with Crippen molar-refractivity contribution in [3.8, 4) is 22.6 Å². The van der Waals surface area contributed by atoms with Crippen LogP contribution in [0, 0.1) is 13.8 Å². The molecule has 4 aromatic carbocycles. The Morgan fingerprint density at radius 3 is 1.86 bits per heavy atom. The summed E-state index contributed by atoms with van der Waals surface area (Å²) in [4.78, 5) is 10.4. The molecular formula is C40H34N4. The van der Waals surface area contributed by atoms with Crippen LogP contribution in [0.4, 0.5) is 0 Å². The fourth-order valence-electron chi connectivity index (χ4n) is 6.54. The molecule has 4 aromatic heterocycles. The fourth-order valence-corrected chi connectivity index (χ4v) is 6.54. The molecule has 0 spiro atoms. The van der Waals surface area contributed by atoms with Gasteiger partial charge in [-0.3, -0.25) is 9.13 Å². The topological polar surface area (TPSA) is 35.6 Å². The van der Waals surface area contributed by atoms with Gasteiger partial charge in [-0.05, 0) is 90.6 Å². The molecule has 0 radical (unpaired) electrons. The molecule has 0 aliphatic rings. The quantitative estimate of drug-likeness (QED) is 0.212. The van der Waals surface area contributed by atoms with Crippen LogP contribution in [0.2, 0.25) is 0 Å². The lowest BCUT2D eigenvalue weighted by molar-refractivity contribution is 0.588. The van der Waals surface area contributed by atoms with E-state index in [1.165, 1.54) is 38.6 Å². The normalized spacial score (nSPS) is 12.2. The molecule has 214 valence electrons. The molecule has 8 rings (SSSR count). The van der Waals surface area contributed by atoms with Crippen LogP contribution in [0.5, 0.6) is 0 Å². The van der Waals surface area contributed by atoms with Gasteiger partial charge in [0.05, 0.1) is 11.0 Å².